The van der Waals surface area contributed by atoms with Crippen LogP contribution in [0.1, 0.15) is 31.8 Å². The second-order valence-electron chi connectivity index (χ2n) is 6.00. The van der Waals surface area contributed by atoms with Gasteiger partial charge in [-0.3, -0.25) is 14.9 Å². The molecule has 0 aliphatic rings. The number of anilines is 1. The molecule has 144 valence electrons. The molecule has 0 atom stereocenters. The lowest BCUT2D eigenvalue weighted by Crippen LogP contribution is -2.16. The largest absolute Gasteiger partial charge is 0.365 e. The minimum absolute atomic E-state index is 0.0886. The predicted molar refractivity (Wildman–Crippen MR) is 93.1 cm³/mol. The van der Waals surface area contributed by atoms with Crippen LogP contribution in [0.15, 0.2) is 36.7 Å². The van der Waals surface area contributed by atoms with E-state index in [1.54, 1.807) is 13.0 Å². The Morgan fingerprint density at radius 1 is 1.11 bits per heavy atom. The number of nitrogens with one attached hydrogen (secondary N) is 1. The molecular formula is C18H14F3N5O2. The molecule has 2 amide bonds. The molecule has 0 aliphatic carbocycles. The number of halogens is 3. The molecule has 0 bridgehead atoms. The van der Waals surface area contributed by atoms with Crippen LogP contribution in [0.5, 0.6) is 0 Å². The van der Waals surface area contributed by atoms with Crippen molar-refractivity contribution in [3.05, 3.63) is 76.4 Å². The van der Waals surface area contributed by atoms with Gasteiger partial charge in [0.25, 0.3) is 11.8 Å². The highest BCUT2D eigenvalue weighted by Gasteiger charge is 2.17. The van der Waals surface area contributed by atoms with Crippen LogP contribution in [0.3, 0.4) is 0 Å². The summed E-state index contributed by atoms with van der Waals surface area (Å²) < 4.78 is 42.7. The number of carbonyl (C=O) groups excluding carboxylic acids is 2. The number of rotatable bonds is 5. The van der Waals surface area contributed by atoms with E-state index < -0.39 is 34.8 Å². The van der Waals surface area contributed by atoms with E-state index in [0.717, 1.165) is 12.1 Å². The Kier molecular flexibility index (Phi) is 5.12. The monoisotopic (exact) mass is 389 g/mol. The van der Waals surface area contributed by atoms with E-state index in [1.165, 1.54) is 23.1 Å². The van der Waals surface area contributed by atoms with E-state index >= 15 is 0 Å². The summed E-state index contributed by atoms with van der Waals surface area (Å²) in [6, 6.07) is 6.04. The minimum Gasteiger partial charge on any atom is -0.365 e. The molecule has 0 saturated carbocycles. The first kappa shape index (κ1) is 19.1. The average Bonchev–Trinajstić information content (AvgIpc) is 3.00. The maximum absolute atomic E-state index is 13.9. The number of aryl methyl sites for hydroxylation is 1. The molecular weight excluding hydrogens is 375 g/mol. The standard InChI is InChI=1S/C18H14F3N5O2/c1-9-2-3-11(12(19)4-9)17(28)24-18-23-8-26(25-18)7-10-5-13(20)15(16(22)27)14(21)6-10/h2-6,8H,7H2,1H3,(H2,22,27)(H,24,25,28). The molecule has 0 aliphatic heterocycles. The third-order valence-corrected chi connectivity index (χ3v) is 3.82. The number of aromatic nitrogens is 3. The van der Waals surface area contributed by atoms with Crippen LogP contribution in [0.2, 0.25) is 0 Å². The van der Waals surface area contributed by atoms with Crippen LogP contribution >= 0.6 is 0 Å². The molecule has 10 heteroatoms. The van der Waals surface area contributed by atoms with Crippen molar-refractivity contribution in [3.8, 4) is 0 Å². The van der Waals surface area contributed by atoms with E-state index in [9.17, 15) is 22.8 Å². The molecule has 3 N–H and O–H groups in total. The summed E-state index contributed by atoms with van der Waals surface area (Å²) in [5.41, 5.74) is 4.75. The molecule has 0 spiro atoms. The Morgan fingerprint density at radius 2 is 1.79 bits per heavy atom. The summed E-state index contributed by atoms with van der Waals surface area (Å²) >= 11 is 0. The van der Waals surface area contributed by atoms with Crippen LogP contribution in [-0.2, 0) is 6.54 Å². The van der Waals surface area contributed by atoms with Crippen LogP contribution in [-0.4, -0.2) is 26.6 Å². The van der Waals surface area contributed by atoms with Crippen LogP contribution in [0.25, 0.3) is 0 Å². The smallest absolute Gasteiger partial charge is 0.261 e. The third kappa shape index (κ3) is 4.00. The third-order valence-electron chi connectivity index (χ3n) is 3.82. The van der Waals surface area contributed by atoms with Gasteiger partial charge in [-0.15, -0.1) is 5.10 Å². The van der Waals surface area contributed by atoms with Gasteiger partial charge in [0, 0.05) is 0 Å². The second-order valence-corrected chi connectivity index (χ2v) is 6.00. The Hall–Kier alpha value is -3.69. The zero-order valence-electron chi connectivity index (χ0n) is 14.5. The molecule has 1 aromatic heterocycles. The first-order valence-corrected chi connectivity index (χ1v) is 7.99. The first-order valence-electron chi connectivity index (χ1n) is 7.99. The summed E-state index contributed by atoms with van der Waals surface area (Å²) in [5.74, 6) is -4.93. The number of hydrogen-bond acceptors (Lipinski definition) is 4. The average molecular weight is 389 g/mol. The normalized spacial score (nSPS) is 10.7. The quantitative estimate of drug-likeness (QED) is 0.699. The Balaban J connectivity index is 1.74. The molecule has 0 unspecified atom stereocenters. The van der Waals surface area contributed by atoms with Crippen molar-refractivity contribution < 1.29 is 22.8 Å². The van der Waals surface area contributed by atoms with Gasteiger partial charge >= 0.3 is 0 Å². The first-order chi connectivity index (χ1) is 13.2. The van der Waals surface area contributed by atoms with Gasteiger partial charge in [0.2, 0.25) is 5.95 Å². The summed E-state index contributed by atoms with van der Waals surface area (Å²) in [6.45, 7) is 1.60. The number of amides is 2. The number of nitrogens with zero attached hydrogens (tertiary/aromatic N) is 3. The summed E-state index contributed by atoms with van der Waals surface area (Å²) in [6.07, 6.45) is 1.22. The van der Waals surface area contributed by atoms with Crippen molar-refractivity contribution >= 4 is 17.8 Å². The van der Waals surface area contributed by atoms with Gasteiger partial charge in [-0.25, -0.2) is 22.8 Å². The molecule has 2 aromatic carbocycles. The van der Waals surface area contributed by atoms with Gasteiger partial charge in [0.15, 0.2) is 0 Å². The van der Waals surface area contributed by atoms with E-state index in [0.29, 0.717) is 5.56 Å². The maximum Gasteiger partial charge on any atom is 0.261 e. The van der Waals surface area contributed by atoms with Crippen molar-refractivity contribution in [1.29, 1.82) is 0 Å². The molecule has 3 rings (SSSR count). The van der Waals surface area contributed by atoms with E-state index in [2.05, 4.69) is 15.4 Å². The molecule has 0 radical (unpaired) electrons. The number of nitrogens with two attached hydrogens (primary N) is 1. The van der Waals surface area contributed by atoms with Crippen molar-refractivity contribution in [2.24, 2.45) is 5.73 Å². The number of primary amides is 1. The number of carbonyl (C=O) groups is 2. The Labute approximate surface area is 157 Å². The zero-order valence-corrected chi connectivity index (χ0v) is 14.5. The minimum atomic E-state index is -1.21. The van der Waals surface area contributed by atoms with Crippen LogP contribution < -0.4 is 11.1 Å². The number of hydrogen-bond donors (Lipinski definition) is 2. The van der Waals surface area contributed by atoms with Crippen molar-refractivity contribution in [3.63, 3.8) is 0 Å². The van der Waals surface area contributed by atoms with Crippen molar-refractivity contribution in [2.75, 3.05) is 5.32 Å². The topological polar surface area (TPSA) is 103 Å². The molecule has 0 saturated heterocycles. The fourth-order valence-electron chi connectivity index (χ4n) is 2.54. The lowest BCUT2D eigenvalue weighted by molar-refractivity contribution is 0.0989. The van der Waals surface area contributed by atoms with Gasteiger partial charge < -0.3 is 5.73 Å². The Morgan fingerprint density at radius 3 is 2.39 bits per heavy atom. The number of benzene rings is 2. The van der Waals surface area contributed by atoms with E-state index in [4.69, 9.17) is 5.73 Å². The Bertz CT molecular complexity index is 1060. The van der Waals surface area contributed by atoms with E-state index in [-0.39, 0.29) is 23.6 Å². The molecule has 7 nitrogen and oxygen atoms in total. The van der Waals surface area contributed by atoms with Crippen molar-refractivity contribution in [2.45, 2.75) is 13.5 Å². The van der Waals surface area contributed by atoms with Crippen molar-refractivity contribution in [1.82, 2.24) is 14.8 Å². The van der Waals surface area contributed by atoms with Gasteiger partial charge in [0.1, 0.15) is 29.3 Å². The second kappa shape index (κ2) is 7.51. The van der Waals surface area contributed by atoms with Gasteiger partial charge in [0.05, 0.1) is 12.1 Å². The zero-order chi connectivity index (χ0) is 20.4. The fourth-order valence-corrected chi connectivity index (χ4v) is 2.54. The van der Waals surface area contributed by atoms with Crippen LogP contribution in [0, 0.1) is 24.4 Å². The molecule has 28 heavy (non-hydrogen) atoms. The molecule has 0 fully saturated rings. The predicted octanol–water partition coefficient (Wildman–Crippen LogP) is 2.40. The SMILES string of the molecule is Cc1ccc(C(=O)Nc2ncn(Cc3cc(F)c(C(N)=O)c(F)c3)n2)c(F)c1. The fraction of sp³-hybridized carbons (Fsp3) is 0.111. The van der Waals surface area contributed by atoms with Crippen LogP contribution in [0.4, 0.5) is 19.1 Å². The van der Waals surface area contributed by atoms with Gasteiger partial charge in [-0.05, 0) is 42.3 Å². The summed E-state index contributed by atoms with van der Waals surface area (Å²) in [5, 5.41) is 6.29. The molecule has 1 heterocycles. The lowest BCUT2D eigenvalue weighted by atomic mass is 10.1. The van der Waals surface area contributed by atoms with Gasteiger partial charge in [-0.2, -0.15) is 0 Å². The maximum atomic E-state index is 13.9. The summed E-state index contributed by atoms with van der Waals surface area (Å²) in [7, 11) is 0. The summed E-state index contributed by atoms with van der Waals surface area (Å²) in [4.78, 5) is 27.0. The molecule has 3 aromatic rings. The lowest BCUT2D eigenvalue weighted by Gasteiger charge is -2.06. The highest BCUT2D eigenvalue weighted by molar-refractivity contribution is 6.03. The highest BCUT2D eigenvalue weighted by Crippen LogP contribution is 2.16. The highest BCUT2D eigenvalue weighted by atomic mass is 19.1. The van der Waals surface area contributed by atoms with Gasteiger partial charge in [-0.1, -0.05) is 6.07 Å². The van der Waals surface area contributed by atoms with E-state index in [1.807, 2.05) is 0 Å².